The van der Waals surface area contributed by atoms with Crippen LogP contribution in [0.5, 0.6) is 0 Å². The van der Waals surface area contributed by atoms with Crippen molar-refractivity contribution < 1.29 is 9.59 Å². The number of aryl methyl sites for hydroxylation is 1. The molecule has 7 nitrogen and oxygen atoms in total. The molecule has 0 aliphatic carbocycles. The summed E-state index contributed by atoms with van der Waals surface area (Å²) in [5, 5.41) is 9.45. The van der Waals surface area contributed by atoms with Crippen molar-refractivity contribution in [2.24, 2.45) is 4.99 Å². The number of nitrogens with one attached hydrogen (secondary N) is 2. The van der Waals surface area contributed by atoms with E-state index in [2.05, 4.69) is 26.0 Å². The number of likely N-dealkylation sites (tertiary alicyclic amines) is 1. The lowest BCUT2D eigenvalue weighted by molar-refractivity contribution is -0.147. The van der Waals surface area contributed by atoms with E-state index in [1.165, 1.54) is 4.90 Å². The summed E-state index contributed by atoms with van der Waals surface area (Å²) < 4.78 is 0. The number of hydrogen-bond donors (Lipinski definition) is 2. The van der Waals surface area contributed by atoms with Crippen LogP contribution in [0.2, 0.25) is 0 Å². The van der Waals surface area contributed by atoms with Crippen LogP contribution < -0.4 is 10.6 Å². The third-order valence-electron chi connectivity index (χ3n) is 3.58. The highest BCUT2D eigenvalue weighted by molar-refractivity contribution is 7.09. The van der Waals surface area contributed by atoms with Crippen molar-refractivity contribution in [1.82, 2.24) is 20.5 Å². The molecule has 2 N–H and O–H groups in total. The number of imide groups is 1. The quantitative estimate of drug-likeness (QED) is 0.453. The molecule has 1 fully saturated rings. The molecule has 2 rings (SSSR count). The molecule has 1 saturated heterocycles. The Labute approximate surface area is 140 Å². The van der Waals surface area contributed by atoms with Crippen molar-refractivity contribution in [3.8, 4) is 0 Å². The van der Waals surface area contributed by atoms with Crippen molar-refractivity contribution in [3.63, 3.8) is 0 Å². The van der Waals surface area contributed by atoms with E-state index in [0.717, 1.165) is 23.7 Å². The molecule has 8 heteroatoms. The zero-order valence-corrected chi connectivity index (χ0v) is 14.4. The maximum atomic E-state index is 11.7. The van der Waals surface area contributed by atoms with Crippen LogP contribution in [0.15, 0.2) is 10.4 Å². The fraction of sp³-hybridized carbons (Fsp3) is 0.600. The molecule has 0 atom stereocenters. The number of piperidine rings is 1. The van der Waals surface area contributed by atoms with Crippen molar-refractivity contribution in [2.75, 3.05) is 26.7 Å². The normalized spacial score (nSPS) is 15.9. The molecule has 1 aliphatic heterocycles. The van der Waals surface area contributed by atoms with Crippen molar-refractivity contribution in [1.29, 1.82) is 0 Å². The molecule has 0 aromatic carbocycles. The summed E-state index contributed by atoms with van der Waals surface area (Å²) in [5.41, 5.74) is 1.07. The Balaban J connectivity index is 1.68. The molecule has 126 valence electrons. The average molecular weight is 337 g/mol. The molecule has 23 heavy (non-hydrogen) atoms. The SMILES string of the molecule is CN=C(NCCc1csc(C)n1)NCCN1C(=O)CCCC1=O. The van der Waals surface area contributed by atoms with Crippen LogP contribution in [-0.4, -0.2) is 54.3 Å². The highest BCUT2D eigenvalue weighted by Crippen LogP contribution is 2.11. The third kappa shape index (κ3) is 5.31. The summed E-state index contributed by atoms with van der Waals surface area (Å²) in [6, 6.07) is 0. The van der Waals surface area contributed by atoms with E-state index >= 15 is 0 Å². The van der Waals surface area contributed by atoms with Crippen LogP contribution in [0, 0.1) is 6.92 Å². The Morgan fingerprint density at radius 1 is 1.30 bits per heavy atom. The van der Waals surface area contributed by atoms with Gasteiger partial charge < -0.3 is 10.6 Å². The zero-order chi connectivity index (χ0) is 16.7. The molecule has 0 radical (unpaired) electrons. The van der Waals surface area contributed by atoms with Gasteiger partial charge in [0.25, 0.3) is 0 Å². The van der Waals surface area contributed by atoms with Crippen molar-refractivity contribution >= 4 is 29.1 Å². The fourth-order valence-electron chi connectivity index (χ4n) is 2.39. The van der Waals surface area contributed by atoms with Gasteiger partial charge >= 0.3 is 0 Å². The molecule has 0 bridgehead atoms. The topological polar surface area (TPSA) is 86.7 Å². The summed E-state index contributed by atoms with van der Waals surface area (Å²) in [7, 11) is 1.69. The summed E-state index contributed by atoms with van der Waals surface area (Å²) >= 11 is 1.64. The number of carbonyl (C=O) groups excluding carboxylic acids is 2. The van der Waals surface area contributed by atoms with Crippen LogP contribution in [-0.2, 0) is 16.0 Å². The number of aromatic nitrogens is 1. The third-order valence-corrected chi connectivity index (χ3v) is 4.40. The van der Waals surface area contributed by atoms with Gasteiger partial charge in [-0.25, -0.2) is 4.98 Å². The van der Waals surface area contributed by atoms with E-state index in [1.807, 2.05) is 6.92 Å². The first kappa shape index (κ1) is 17.4. The Hall–Kier alpha value is -1.96. The molecule has 0 spiro atoms. The first-order chi connectivity index (χ1) is 11.1. The van der Waals surface area contributed by atoms with E-state index in [0.29, 0.717) is 38.3 Å². The molecule has 0 saturated carbocycles. The second-order valence-corrected chi connectivity index (χ2v) is 6.39. The van der Waals surface area contributed by atoms with Gasteiger partial charge in [-0.1, -0.05) is 0 Å². The summed E-state index contributed by atoms with van der Waals surface area (Å²) in [6.07, 6.45) is 2.42. The minimum Gasteiger partial charge on any atom is -0.356 e. The largest absolute Gasteiger partial charge is 0.356 e. The standard InChI is InChI=1S/C15H23N5O2S/c1-11-19-12(10-23-11)6-7-17-15(16-2)18-8-9-20-13(21)4-3-5-14(20)22/h10H,3-9H2,1-2H3,(H2,16,17,18). The van der Waals surface area contributed by atoms with Crippen LogP contribution in [0.25, 0.3) is 0 Å². The van der Waals surface area contributed by atoms with E-state index < -0.39 is 0 Å². The van der Waals surface area contributed by atoms with Crippen LogP contribution >= 0.6 is 11.3 Å². The lowest BCUT2D eigenvalue weighted by Gasteiger charge is -2.25. The van der Waals surface area contributed by atoms with Gasteiger partial charge in [-0.15, -0.1) is 11.3 Å². The van der Waals surface area contributed by atoms with Gasteiger partial charge in [0.2, 0.25) is 11.8 Å². The first-order valence-electron chi connectivity index (χ1n) is 7.79. The van der Waals surface area contributed by atoms with Gasteiger partial charge in [-0.2, -0.15) is 0 Å². The minimum atomic E-state index is -0.0788. The van der Waals surface area contributed by atoms with Gasteiger partial charge in [0.05, 0.1) is 10.7 Å². The van der Waals surface area contributed by atoms with Gasteiger partial charge in [0.1, 0.15) is 0 Å². The molecule has 2 heterocycles. The van der Waals surface area contributed by atoms with Crippen LogP contribution in [0.1, 0.15) is 30.0 Å². The molecule has 1 aromatic rings. The molecule has 1 aliphatic rings. The van der Waals surface area contributed by atoms with Gasteiger partial charge in [0.15, 0.2) is 5.96 Å². The number of rotatable bonds is 6. The number of aliphatic imine (C=N–C) groups is 1. The highest BCUT2D eigenvalue weighted by atomic mass is 32.1. The Morgan fingerprint density at radius 2 is 2.00 bits per heavy atom. The molecule has 2 amide bonds. The monoisotopic (exact) mass is 337 g/mol. The highest BCUT2D eigenvalue weighted by Gasteiger charge is 2.25. The lowest BCUT2D eigenvalue weighted by Crippen LogP contribution is -2.46. The van der Waals surface area contributed by atoms with E-state index in [9.17, 15) is 9.59 Å². The van der Waals surface area contributed by atoms with E-state index in [-0.39, 0.29) is 11.8 Å². The predicted octanol–water partition coefficient (Wildman–Crippen LogP) is 0.698. The maximum absolute atomic E-state index is 11.7. The number of carbonyl (C=O) groups is 2. The predicted molar refractivity (Wildman–Crippen MR) is 90.5 cm³/mol. The molecular weight excluding hydrogens is 314 g/mol. The number of hydrogen-bond acceptors (Lipinski definition) is 5. The minimum absolute atomic E-state index is 0.0788. The second-order valence-electron chi connectivity index (χ2n) is 5.33. The van der Waals surface area contributed by atoms with Crippen LogP contribution in [0.3, 0.4) is 0 Å². The summed E-state index contributed by atoms with van der Waals surface area (Å²) in [6.45, 7) is 3.59. The number of guanidine groups is 1. The number of nitrogens with zero attached hydrogens (tertiary/aromatic N) is 3. The lowest BCUT2D eigenvalue weighted by atomic mass is 10.1. The van der Waals surface area contributed by atoms with Crippen molar-refractivity contribution in [2.45, 2.75) is 32.6 Å². The first-order valence-corrected chi connectivity index (χ1v) is 8.67. The van der Waals surface area contributed by atoms with Crippen LogP contribution in [0.4, 0.5) is 0 Å². The molecule has 1 aromatic heterocycles. The fourth-order valence-corrected chi connectivity index (χ4v) is 3.04. The van der Waals surface area contributed by atoms with Gasteiger partial charge in [0, 0.05) is 51.3 Å². The average Bonchev–Trinajstić information content (AvgIpc) is 2.94. The Kier molecular flexibility index (Phi) is 6.52. The number of amides is 2. The molecule has 0 unspecified atom stereocenters. The van der Waals surface area contributed by atoms with E-state index in [4.69, 9.17) is 0 Å². The number of thiazole rings is 1. The van der Waals surface area contributed by atoms with Gasteiger partial charge in [-0.3, -0.25) is 19.5 Å². The summed E-state index contributed by atoms with van der Waals surface area (Å²) in [5.74, 6) is 0.503. The molecular formula is C15H23N5O2S. The smallest absolute Gasteiger partial charge is 0.229 e. The Bertz CT molecular complexity index is 568. The Morgan fingerprint density at radius 3 is 2.61 bits per heavy atom. The van der Waals surface area contributed by atoms with E-state index in [1.54, 1.807) is 18.4 Å². The van der Waals surface area contributed by atoms with Crippen molar-refractivity contribution in [3.05, 3.63) is 16.1 Å². The van der Waals surface area contributed by atoms with Gasteiger partial charge in [-0.05, 0) is 13.3 Å². The maximum Gasteiger partial charge on any atom is 0.229 e. The summed E-state index contributed by atoms with van der Waals surface area (Å²) in [4.78, 5) is 33.3. The second kappa shape index (κ2) is 8.61. The zero-order valence-electron chi connectivity index (χ0n) is 13.6.